The average molecular weight is 214 g/mol. The van der Waals surface area contributed by atoms with Crippen LogP contribution in [0.5, 0.6) is 0 Å². The molecule has 4 nitrogen and oxygen atoms in total. The first kappa shape index (κ1) is 9.73. The highest BCUT2D eigenvalue weighted by Gasteiger charge is 2.18. The summed E-state index contributed by atoms with van der Waals surface area (Å²) in [6.45, 7) is 1.97. The molecule has 0 aromatic carbocycles. The number of nitrogens with one attached hydrogen (secondary N) is 1. The summed E-state index contributed by atoms with van der Waals surface area (Å²) in [7, 11) is -3.12. The topological polar surface area (TPSA) is 51.1 Å². The van der Waals surface area contributed by atoms with Gasteiger partial charge >= 0.3 is 0 Å². The van der Waals surface area contributed by atoms with Gasteiger partial charge < -0.3 is 5.32 Å². The SMILES string of the molecule is CS(=O)(=O)n1ccc(C2CCNC2)c1. The zero-order valence-corrected chi connectivity index (χ0v) is 8.92. The van der Waals surface area contributed by atoms with E-state index in [1.54, 1.807) is 12.4 Å². The van der Waals surface area contributed by atoms with Gasteiger partial charge in [-0.2, -0.15) is 0 Å². The van der Waals surface area contributed by atoms with Crippen molar-refractivity contribution in [3.05, 3.63) is 24.0 Å². The molecule has 2 heterocycles. The molecular formula is C9H14N2O2S. The zero-order chi connectivity index (χ0) is 10.2. The molecule has 78 valence electrons. The maximum absolute atomic E-state index is 11.2. The second kappa shape index (κ2) is 3.40. The van der Waals surface area contributed by atoms with Crippen LogP contribution in [-0.4, -0.2) is 31.7 Å². The van der Waals surface area contributed by atoms with Crippen LogP contribution in [0.4, 0.5) is 0 Å². The van der Waals surface area contributed by atoms with Crippen molar-refractivity contribution >= 4 is 10.0 Å². The van der Waals surface area contributed by atoms with Crippen molar-refractivity contribution in [1.29, 1.82) is 0 Å². The number of hydrogen-bond donors (Lipinski definition) is 1. The molecule has 2 rings (SSSR count). The average Bonchev–Trinajstić information content (AvgIpc) is 2.73. The molecule has 14 heavy (non-hydrogen) atoms. The Kier molecular flexibility index (Phi) is 2.36. The highest BCUT2D eigenvalue weighted by atomic mass is 32.2. The summed E-state index contributed by atoms with van der Waals surface area (Å²) in [6.07, 6.45) is 5.63. The Morgan fingerprint density at radius 1 is 1.57 bits per heavy atom. The van der Waals surface area contributed by atoms with Gasteiger partial charge in [0.15, 0.2) is 0 Å². The Labute approximate surface area is 84.0 Å². The summed E-state index contributed by atoms with van der Waals surface area (Å²) in [5.74, 6) is 0.470. The van der Waals surface area contributed by atoms with Crippen LogP contribution in [-0.2, 0) is 10.0 Å². The molecule has 1 aromatic heterocycles. The van der Waals surface area contributed by atoms with Crippen molar-refractivity contribution in [3.8, 4) is 0 Å². The summed E-state index contributed by atoms with van der Waals surface area (Å²) >= 11 is 0. The Hall–Kier alpha value is -0.810. The quantitative estimate of drug-likeness (QED) is 0.774. The maximum Gasteiger partial charge on any atom is 0.235 e. The fourth-order valence-corrected chi connectivity index (χ4v) is 2.37. The van der Waals surface area contributed by atoms with E-state index in [0.29, 0.717) is 5.92 Å². The first-order valence-electron chi connectivity index (χ1n) is 4.66. The number of nitrogens with zero attached hydrogens (tertiary/aromatic N) is 1. The molecule has 1 unspecified atom stereocenters. The smallest absolute Gasteiger partial charge is 0.235 e. The Morgan fingerprint density at radius 2 is 2.36 bits per heavy atom. The summed E-state index contributed by atoms with van der Waals surface area (Å²) in [4.78, 5) is 0. The molecule has 0 spiro atoms. The fourth-order valence-electron chi connectivity index (χ4n) is 1.78. The standard InChI is InChI=1S/C9H14N2O2S/c1-14(12,13)11-5-3-9(7-11)8-2-4-10-6-8/h3,5,7-8,10H,2,4,6H2,1H3. The molecule has 0 saturated carbocycles. The van der Waals surface area contributed by atoms with E-state index in [-0.39, 0.29) is 0 Å². The lowest BCUT2D eigenvalue weighted by Gasteiger charge is -2.04. The Morgan fingerprint density at radius 3 is 2.86 bits per heavy atom. The molecule has 0 radical (unpaired) electrons. The van der Waals surface area contributed by atoms with E-state index in [0.717, 1.165) is 25.1 Å². The van der Waals surface area contributed by atoms with Crippen LogP contribution in [0.2, 0.25) is 0 Å². The third kappa shape index (κ3) is 1.83. The summed E-state index contributed by atoms with van der Waals surface area (Å²) in [5, 5.41) is 3.26. The van der Waals surface area contributed by atoms with Gasteiger partial charge in [-0.05, 0) is 30.5 Å². The molecule has 1 fully saturated rings. The van der Waals surface area contributed by atoms with E-state index < -0.39 is 10.0 Å². The molecule has 5 heteroatoms. The second-order valence-electron chi connectivity index (χ2n) is 3.73. The van der Waals surface area contributed by atoms with Crippen LogP contribution in [0.3, 0.4) is 0 Å². The lowest BCUT2D eigenvalue weighted by atomic mass is 10.0. The van der Waals surface area contributed by atoms with E-state index in [9.17, 15) is 8.42 Å². The molecule has 1 N–H and O–H groups in total. The van der Waals surface area contributed by atoms with E-state index in [1.165, 1.54) is 10.2 Å². The maximum atomic E-state index is 11.2. The normalized spacial score (nSPS) is 22.8. The van der Waals surface area contributed by atoms with Gasteiger partial charge in [0.1, 0.15) is 0 Å². The van der Waals surface area contributed by atoms with Gasteiger partial charge in [0.25, 0.3) is 0 Å². The van der Waals surface area contributed by atoms with Gasteiger partial charge in [-0.1, -0.05) is 0 Å². The van der Waals surface area contributed by atoms with Crippen molar-refractivity contribution < 1.29 is 8.42 Å². The van der Waals surface area contributed by atoms with Crippen LogP contribution in [0, 0.1) is 0 Å². The van der Waals surface area contributed by atoms with Crippen molar-refractivity contribution in [1.82, 2.24) is 9.29 Å². The number of rotatable bonds is 2. The first-order chi connectivity index (χ1) is 6.57. The van der Waals surface area contributed by atoms with E-state index in [2.05, 4.69) is 5.32 Å². The van der Waals surface area contributed by atoms with Gasteiger partial charge in [0.2, 0.25) is 10.0 Å². The molecule has 0 bridgehead atoms. The molecular weight excluding hydrogens is 200 g/mol. The van der Waals surface area contributed by atoms with E-state index in [1.807, 2.05) is 6.07 Å². The minimum absolute atomic E-state index is 0.470. The van der Waals surface area contributed by atoms with Gasteiger partial charge in [0.05, 0.1) is 6.26 Å². The minimum Gasteiger partial charge on any atom is -0.316 e. The highest BCUT2D eigenvalue weighted by molar-refractivity contribution is 7.89. The molecule has 1 saturated heterocycles. The van der Waals surface area contributed by atoms with Crippen molar-refractivity contribution in [2.45, 2.75) is 12.3 Å². The van der Waals surface area contributed by atoms with E-state index >= 15 is 0 Å². The number of hydrogen-bond acceptors (Lipinski definition) is 3. The van der Waals surface area contributed by atoms with E-state index in [4.69, 9.17) is 0 Å². The van der Waals surface area contributed by atoms with Gasteiger partial charge in [-0.25, -0.2) is 8.42 Å². The lowest BCUT2D eigenvalue weighted by Crippen LogP contribution is -2.09. The molecule has 1 aliphatic heterocycles. The summed E-state index contributed by atoms with van der Waals surface area (Å²) in [5.41, 5.74) is 1.11. The van der Waals surface area contributed by atoms with Crippen LogP contribution < -0.4 is 5.32 Å². The van der Waals surface area contributed by atoms with Gasteiger partial charge in [-0.15, -0.1) is 0 Å². The van der Waals surface area contributed by atoms with Crippen LogP contribution in [0.15, 0.2) is 18.5 Å². The first-order valence-corrected chi connectivity index (χ1v) is 6.51. The second-order valence-corrected chi connectivity index (χ2v) is 5.62. The highest BCUT2D eigenvalue weighted by Crippen LogP contribution is 2.22. The minimum atomic E-state index is -3.12. The summed E-state index contributed by atoms with van der Waals surface area (Å²) < 4.78 is 23.7. The van der Waals surface area contributed by atoms with Gasteiger partial charge in [-0.3, -0.25) is 3.97 Å². The predicted octanol–water partition coefficient (Wildman–Crippen LogP) is 0.373. The summed E-state index contributed by atoms with van der Waals surface area (Å²) in [6, 6.07) is 1.89. The Bertz CT molecular complexity index is 416. The number of aromatic nitrogens is 1. The van der Waals surface area contributed by atoms with Crippen molar-refractivity contribution in [2.24, 2.45) is 0 Å². The fraction of sp³-hybridized carbons (Fsp3) is 0.556. The molecule has 0 aliphatic carbocycles. The molecule has 0 amide bonds. The van der Waals surface area contributed by atoms with Crippen molar-refractivity contribution in [3.63, 3.8) is 0 Å². The lowest BCUT2D eigenvalue weighted by molar-refractivity contribution is 0.593. The monoisotopic (exact) mass is 214 g/mol. The molecule has 1 aromatic rings. The van der Waals surface area contributed by atoms with Crippen LogP contribution in [0.1, 0.15) is 17.9 Å². The third-order valence-electron chi connectivity index (χ3n) is 2.60. The van der Waals surface area contributed by atoms with Crippen LogP contribution >= 0.6 is 0 Å². The largest absolute Gasteiger partial charge is 0.316 e. The van der Waals surface area contributed by atoms with Gasteiger partial charge in [0, 0.05) is 18.9 Å². The third-order valence-corrected chi connectivity index (χ3v) is 3.60. The zero-order valence-electron chi connectivity index (χ0n) is 8.10. The van der Waals surface area contributed by atoms with Crippen LogP contribution in [0.25, 0.3) is 0 Å². The predicted molar refractivity (Wildman–Crippen MR) is 54.9 cm³/mol. The molecule has 1 aliphatic rings. The Balaban J connectivity index is 2.25. The molecule has 1 atom stereocenters. The van der Waals surface area contributed by atoms with Crippen molar-refractivity contribution in [2.75, 3.05) is 19.3 Å².